The largest absolute Gasteiger partial charge is 0.463 e. The van der Waals surface area contributed by atoms with Crippen LogP contribution in [0.4, 0.5) is 0 Å². The van der Waals surface area contributed by atoms with Crippen molar-refractivity contribution >= 4 is 43.3 Å². The van der Waals surface area contributed by atoms with Gasteiger partial charge in [0.1, 0.15) is 5.58 Å². The van der Waals surface area contributed by atoms with Gasteiger partial charge in [-0.1, -0.05) is 48.5 Å². The highest BCUT2D eigenvalue weighted by atomic mass is 16.3. The molecule has 0 saturated carbocycles. The lowest BCUT2D eigenvalue weighted by Gasteiger charge is -2.11. The van der Waals surface area contributed by atoms with Gasteiger partial charge in [-0.2, -0.15) is 0 Å². The Morgan fingerprint density at radius 2 is 1.39 bits per heavy atom. The lowest BCUT2D eigenvalue weighted by Crippen LogP contribution is -1.95. The molecule has 0 radical (unpaired) electrons. The number of hydrogen-bond donors (Lipinski definition) is 0. The molecule has 0 saturated heterocycles. The van der Waals surface area contributed by atoms with Crippen molar-refractivity contribution < 1.29 is 4.42 Å². The van der Waals surface area contributed by atoms with Gasteiger partial charge in [-0.15, -0.1) is 0 Å². The van der Waals surface area contributed by atoms with Crippen LogP contribution >= 0.6 is 0 Å². The van der Waals surface area contributed by atoms with Gasteiger partial charge in [0, 0.05) is 16.2 Å². The second kappa shape index (κ2) is 4.43. The summed E-state index contributed by atoms with van der Waals surface area (Å²) in [5.41, 5.74) is 0.847. The molecule has 1 heterocycles. The zero-order chi connectivity index (χ0) is 15.4. The summed E-state index contributed by atoms with van der Waals surface area (Å²) in [5.74, 6) is 0. The minimum Gasteiger partial charge on any atom is -0.463 e. The van der Waals surface area contributed by atoms with Crippen LogP contribution in [0.15, 0.2) is 82.2 Å². The lowest BCUT2D eigenvalue weighted by molar-refractivity contribution is 0.615. The van der Waals surface area contributed by atoms with E-state index < -0.39 is 0 Å². The summed E-state index contributed by atoms with van der Waals surface area (Å²) in [4.78, 5) is 11.8. The van der Waals surface area contributed by atoms with Crippen molar-refractivity contribution in [3.05, 3.63) is 83.2 Å². The van der Waals surface area contributed by atoms with E-state index in [2.05, 4.69) is 24.3 Å². The molecule has 5 rings (SSSR count). The molecule has 2 heteroatoms. The van der Waals surface area contributed by atoms with E-state index in [9.17, 15) is 4.79 Å². The van der Waals surface area contributed by atoms with Crippen LogP contribution in [0, 0.1) is 0 Å². The number of hydrogen-bond acceptors (Lipinski definition) is 2. The molecule has 2 nitrogen and oxygen atoms in total. The SMILES string of the molecule is O=c1ccc2c(c1)c1ccccc1c1c3ccccc3coc21. The minimum absolute atomic E-state index is 0.0165. The monoisotopic (exact) mass is 296 g/mol. The fourth-order valence-corrected chi connectivity index (χ4v) is 3.48. The summed E-state index contributed by atoms with van der Waals surface area (Å²) >= 11 is 0. The van der Waals surface area contributed by atoms with E-state index in [1.807, 2.05) is 30.3 Å². The quantitative estimate of drug-likeness (QED) is 0.365. The molecule has 0 atom stereocenters. The average molecular weight is 296 g/mol. The summed E-state index contributed by atoms with van der Waals surface area (Å²) in [7, 11) is 0. The summed E-state index contributed by atoms with van der Waals surface area (Å²) < 4.78 is 5.98. The van der Waals surface area contributed by atoms with Crippen molar-refractivity contribution in [2.45, 2.75) is 0 Å². The zero-order valence-corrected chi connectivity index (χ0v) is 12.2. The minimum atomic E-state index is 0.0165. The molecule has 4 aromatic carbocycles. The standard InChI is InChI=1S/C21H12O2/c22-14-9-10-18-19(11-14)16-7-3-4-8-17(16)20-15-6-2-1-5-13(15)12-23-21(18)20/h1-12H. The molecule has 0 spiro atoms. The predicted molar refractivity (Wildman–Crippen MR) is 95.0 cm³/mol. The van der Waals surface area contributed by atoms with Crippen LogP contribution in [-0.4, -0.2) is 0 Å². The Morgan fingerprint density at radius 1 is 0.652 bits per heavy atom. The highest BCUT2D eigenvalue weighted by Gasteiger charge is 2.12. The van der Waals surface area contributed by atoms with Crippen LogP contribution in [0.3, 0.4) is 0 Å². The average Bonchev–Trinajstić information content (AvgIpc) is 2.61. The first kappa shape index (κ1) is 12.4. The maximum Gasteiger partial charge on any atom is 0.179 e. The first-order valence-electron chi connectivity index (χ1n) is 7.58. The van der Waals surface area contributed by atoms with Gasteiger partial charge in [0.15, 0.2) is 5.43 Å². The molecule has 0 aliphatic rings. The van der Waals surface area contributed by atoms with Crippen LogP contribution in [0.25, 0.3) is 43.3 Å². The van der Waals surface area contributed by atoms with Crippen LogP contribution in [0.1, 0.15) is 0 Å². The topological polar surface area (TPSA) is 30.2 Å². The first-order valence-corrected chi connectivity index (χ1v) is 7.58. The zero-order valence-electron chi connectivity index (χ0n) is 12.2. The molecule has 5 aromatic rings. The third-order valence-electron chi connectivity index (χ3n) is 4.48. The van der Waals surface area contributed by atoms with Crippen molar-refractivity contribution in [3.63, 3.8) is 0 Å². The van der Waals surface area contributed by atoms with Gasteiger partial charge in [0.25, 0.3) is 0 Å². The molecule has 0 N–H and O–H groups in total. The van der Waals surface area contributed by atoms with Gasteiger partial charge >= 0.3 is 0 Å². The van der Waals surface area contributed by atoms with Crippen molar-refractivity contribution in [1.82, 2.24) is 0 Å². The molecule has 0 unspecified atom stereocenters. The molecule has 0 amide bonds. The van der Waals surface area contributed by atoms with E-state index in [4.69, 9.17) is 4.42 Å². The van der Waals surface area contributed by atoms with E-state index >= 15 is 0 Å². The Labute approximate surface area is 131 Å². The molecule has 1 aromatic heterocycles. The highest BCUT2D eigenvalue weighted by Crippen LogP contribution is 2.37. The van der Waals surface area contributed by atoms with Gasteiger partial charge in [-0.25, -0.2) is 0 Å². The number of fused-ring (bicyclic) bond motifs is 8. The molecule has 0 bridgehead atoms. The van der Waals surface area contributed by atoms with Crippen molar-refractivity contribution in [3.8, 4) is 0 Å². The molecule has 108 valence electrons. The maximum absolute atomic E-state index is 11.8. The fraction of sp³-hybridized carbons (Fsp3) is 0. The summed E-state index contributed by atoms with van der Waals surface area (Å²) in [5, 5.41) is 7.46. The Balaban J connectivity index is 2.23. The number of benzene rings is 4. The molecule has 0 aliphatic carbocycles. The van der Waals surface area contributed by atoms with E-state index in [1.54, 1.807) is 18.4 Å². The van der Waals surface area contributed by atoms with Crippen LogP contribution in [0.2, 0.25) is 0 Å². The van der Waals surface area contributed by atoms with Gasteiger partial charge in [0.2, 0.25) is 0 Å². The maximum atomic E-state index is 11.8. The Bertz CT molecular complexity index is 1260. The van der Waals surface area contributed by atoms with Crippen molar-refractivity contribution in [2.75, 3.05) is 0 Å². The third kappa shape index (κ3) is 1.66. The molecular formula is C21H12O2. The fourth-order valence-electron chi connectivity index (χ4n) is 3.48. The van der Waals surface area contributed by atoms with Crippen LogP contribution in [0.5, 0.6) is 0 Å². The molecule has 0 fully saturated rings. The number of rotatable bonds is 0. The second-order valence-corrected chi connectivity index (χ2v) is 5.78. The summed E-state index contributed by atoms with van der Waals surface area (Å²) in [6.07, 6.45) is 1.79. The normalized spacial score (nSPS) is 11.7. The molecular weight excluding hydrogens is 284 g/mol. The first-order chi connectivity index (χ1) is 11.3. The van der Waals surface area contributed by atoms with Crippen LogP contribution < -0.4 is 5.43 Å². The van der Waals surface area contributed by atoms with Gasteiger partial charge in [0.05, 0.1) is 6.26 Å². The van der Waals surface area contributed by atoms with Gasteiger partial charge < -0.3 is 4.42 Å². The Hall–Kier alpha value is -3.13. The van der Waals surface area contributed by atoms with E-state index in [0.29, 0.717) is 0 Å². The third-order valence-corrected chi connectivity index (χ3v) is 4.48. The van der Waals surface area contributed by atoms with Gasteiger partial charge in [-0.3, -0.25) is 4.79 Å². The molecule has 23 heavy (non-hydrogen) atoms. The lowest BCUT2D eigenvalue weighted by atomic mass is 9.95. The second-order valence-electron chi connectivity index (χ2n) is 5.78. The van der Waals surface area contributed by atoms with Crippen LogP contribution in [-0.2, 0) is 0 Å². The summed E-state index contributed by atoms with van der Waals surface area (Å²) in [6.45, 7) is 0. The highest BCUT2D eigenvalue weighted by molar-refractivity contribution is 6.29. The van der Waals surface area contributed by atoms with E-state index in [-0.39, 0.29) is 5.43 Å². The van der Waals surface area contributed by atoms with Crippen molar-refractivity contribution in [2.24, 2.45) is 0 Å². The Morgan fingerprint density at radius 3 is 2.26 bits per heavy atom. The predicted octanol–water partition coefficient (Wildman–Crippen LogP) is 5.25. The summed E-state index contributed by atoms with van der Waals surface area (Å²) in [6, 6.07) is 21.6. The van der Waals surface area contributed by atoms with Crippen molar-refractivity contribution in [1.29, 1.82) is 0 Å². The smallest absolute Gasteiger partial charge is 0.179 e. The van der Waals surface area contributed by atoms with E-state index in [1.165, 1.54) is 0 Å². The Kier molecular flexibility index (Phi) is 2.39. The van der Waals surface area contributed by atoms with Gasteiger partial charge in [-0.05, 0) is 39.7 Å². The van der Waals surface area contributed by atoms with E-state index in [0.717, 1.165) is 43.3 Å². The molecule has 0 aliphatic heterocycles.